The number of fused-ring (bicyclic) bond motifs is 1. The Hall–Kier alpha value is -3.26. The van der Waals surface area contributed by atoms with Gasteiger partial charge < -0.3 is 14.8 Å². The zero-order valence-electron chi connectivity index (χ0n) is 11.6. The minimum absolute atomic E-state index is 0.166. The van der Waals surface area contributed by atoms with Gasteiger partial charge in [-0.15, -0.1) is 0 Å². The number of rotatable bonds is 4. The van der Waals surface area contributed by atoms with Crippen LogP contribution in [0.3, 0.4) is 0 Å². The van der Waals surface area contributed by atoms with Crippen molar-refractivity contribution in [2.45, 2.75) is 0 Å². The Morgan fingerprint density at radius 3 is 2.86 bits per heavy atom. The van der Waals surface area contributed by atoms with Crippen LogP contribution in [0.1, 0.15) is 15.9 Å². The van der Waals surface area contributed by atoms with Crippen LogP contribution in [0.5, 0.6) is 11.5 Å². The largest absolute Gasteiger partial charge is 0.454 e. The fraction of sp³-hybridized carbons (Fsp3) is 0.0588. The highest BCUT2D eigenvalue weighted by Crippen LogP contribution is 2.32. The minimum Gasteiger partial charge on any atom is -0.454 e. The van der Waals surface area contributed by atoms with Crippen molar-refractivity contribution in [2.24, 2.45) is 0 Å². The zero-order valence-corrected chi connectivity index (χ0v) is 11.6. The molecule has 0 saturated heterocycles. The fourth-order valence-corrected chi connectivity index (χ4v) is 2.06. The third-order valence-corrected chi connectivity index (χ3v) is 3.18. The monoisotopic (exact) mass is 292 g/mol. The first kappa shape index (κ1) is 13.7. The maximum absolute atomic E-state index is 12.1. The molecule has 2 aromatic rings. The summed E-state index contributed by atoms with van der Waals surface area (Å²) in [5, 5.41) is 11.9. The first-order valence-electron chi connectivity index (χ1n) is 6.64. The van der Waals surface area contributed by atoms with Crippen molar-refractivity contribution < 1.29 is 14.3 Å². The molecule has 1 aliphatic rings. The number of carbonyl (C=O) groups excluding carboxylic acids is 1. The highest BCUT2D eigenvalue weighted by atomic mass is 16.7. The smallest absolute Gasteiger partial charge is 0.231 e. The maximum Gasteiger partial charge on any atom is 0.231 e. The fourth-order valence-electron chi connectivity index (χ4n) is 2.06. The lowest BCUT2D eigenvalue weighted by Gasteiger charge is -2.02. The van der Waals surface area contributed by atoms with Crippen LogP contribution in [0.2, 0.25) is 0 Å². The van der Waals surface area contributed by atoms with Crippen molar-refractivity contribution in [1.29, 1.82) is 5.26 Å². The Balaban J connectivity index is 1.70. The third kappa shape index (κ3) is 2.76. The van der Waals surface area contributed by atoms with Gasteiger partial charge in [0.05, 0.1) is 11.3 Å². The van der Waals surface area contributed by atoms with Gasteiger partial charge in [0.1, 0.15) is 6.07 Å². The molecule has 0 spiro atoms. The summed E-state index contributed by atoms with van der Waals surface area (Å²) >= 11 is 0. The normalized spacial score (nSPS) is 12.1. The number of hydrogen-bond donors (Lipinski definition) is 1. The summed E-state index contributed by atoms with van der Waals surface area (Å²) in [7, 11) is 0. The predicted octanol–water partition coefficient (Wildman–Crippen LogP) is 3.10. The number of allylic oxidation sites excluding steroid dienone is 1. The molecular weight excluding hydrogens is 280 g/mol. The molecular formula is C17H12N2O3. The number of carbonyl (C=O) groups is 1. The van der Waals surface area contributed by atoms with Crippen molar-refractivity contribution in [2.75, 3.05) is 12.1 Å². The standard InChI is InChI=1S/C17H12N2O3/c18-10-13-3-1-2-4-14(13)19-8-7-15(20)12-5-6-16-17(9-12)22-11-21-16/h1-9,19H,11H2/b8-7+. The number of benzene rings is 2. The van der Waals surface area contributed by atoms with Gasteiger partial charge in [-0.25, -0.2) is 0 Å². The lowest BCUT2D eigenvalue weighted by Crippen LogP contribution is -1.97. The summed E-state index contributed by atoms with van der Waals surface area (Å²) in [6, 6.07) is 14.2. The zero-order chi connectivity index (χ0) is 15.4. The van der Waals surface area contributed by atoms with Crippen LogP contribution in [-0.4, -0.2) is 12.6 Å². The number of para-hydroxylation sites is 1. The first-order valence-corrected chi connectivity index (χ1v) is 6.64. The van der Waals surface area contributed by atoms with Crippen LogP contribution in [0.25, 0.3) is 0 Å². The number of ketones is 1. The first-order chi connectivity index (χ1) is 10.8. The van der Waals surface area contributed by atoms with Gasteiger partial charge in [0.25, 0.3) is 0 Å². The maximum atomic E-state index is 12.1. The van der Waals surface area contributed by atoms with Crippen molar-refractivity contribution in [3.05, 3.63) is 65.9 Å². The molecule has 1 aliphatic heterocycles. The van der Waals surface area contributed by atoms with E-state index in [2.05, 4.69) is 11.4 Å². The molecule has 0 aromatic heterocycles. The van der Waals surface area contributed by atoms with Gasteiger partial charge in [0, 0.05) is 17.8 Å². The summed E-state index contributed by atoms with van der Waals surface area (Å²) < 4.78 is 10.4. The molecule has 3 rings (SSSR count). The molecule has 108 valence electrons. The molecule has 0 unspecified atom stereocenters. The van der Waals surface area contributed by atoms with Crippen molar-refractivity contribution in [3.8, 4) is 17.6 Å². The van der Waals surface area contributed by atoms with Gasteiger partial charge in [-0.05, 0) is 30.3 Å². The summed E-state index contributed by atoms with van der Waals surface area (Å²) in [6.07, 6.45) is 2.93. The van der Waals surface area contributed by atoms with E-state index in [1.54, 1.807) is 36.4 Å². The molecule has 0 aliphatic carbocycles. The highest BCUT2D eigenvalue weighted by molar-refractivity contribution is 6.05. The average molecular weight is 292 g/mol. The van der Waals surface area contributed by atoms with Gasteiger partial charge in [0.15, 0.2) is 17.3 Å². The minimum atomic E-state index is -0.166. The van der Waals surface area contributed by atoms with Crippen LogP contribution in [0.4, 0.5) is 5.69 Å². The van der Waals surface area contributed by atoms with Crippen molar-refractivity contribution in [3.63, 3.8) is 0 Å². The van der Waals surface area contributed by atoms with Gasteiger partial charge in [-0.2, -0.15) is 5.26 Å². The van der Waals surface area contributed by atoms with Gasteiger partial charge in [0.2, 0.25) is 6.79 Å². The Kier molecular flexibility index (Phi) is 3.75. The van der Waals surface area contributed by atoms with Crippen LogP contribution in [0, 0.1) is 11.3 Å². The summed E-state index contributed by atoms with van der Waals surface area (Å²) in [6.45, 7) is 0.176. The quantitative estimate of drug-likeness (QED) is 0.692. The third-order valence-electron chi connectivity index (χ3n) is 3.18. The summed E-state index contributed by atoms with van der Waals surface area (Å²) in [4.78, 5) is 12.1. The van der Waals surface area contributed by atoms with E-state index in [1.807, 2.05) is 6.07 Å². The van der Waals surface area contributed by atoms with Crippen LogP contribution < -0.4 is 14.8 Å². The second-order valence-electron chi connectivity index (χ2n) is 4.57. The molecule has 2 aromatic carbocycles. The molecule has 0 saturated carbocycles. The van der Waals surface area contributed by atoms with Crippen molar-refractivity contribution >= 4 is 11.5 Å². The van der Waals surface area contributed by atoms with Crippen LogP contribution >= 0.6 is 0 Å². The topological polar surface area (TPSA) is 71.4 Å². The predicted molar refractivity (Wildman–Crippen MR) is 80.8 cm³/mol. The molecule has 1 N–H and O–H groups in total. The number of nitriles is 1. The van der Waals surface area contributed by atoms with E-state index in [4.69, 9.17) is 14.7 Å². The molecule has 5 nitrogen and oxygen atoms in total. The molecule has 0 radical (unpaired) electrons. The highest BCUT2D eigenvalue weighted by Gasteiger charge is 2.14. The molecule has 0 atom stereocenters. The van der Waals surface area contributed by atoms with Crippen molar-refractivity contribution in [1.82, 2.24) is 0 Å². The average Bonchev–Trinajstić information content (AvgIpc) is 3.02. The molecule has 5 heteroatoms. The molecule has 0 fully saturated rings. The lowest BCUT2D eigenvalue weighted by molar-refractivity contribution is 0.104. The number of ether oxygens (including phenoxy) is 2. The van der Waals surface area contributed by atoms with E-state index in [0.29, 0.717) is 28.3 Å². The van der Waals surface area contributed by atoms with E-state index in [1.165, 1.54) is 12.3 Å². The van der Waals surface area contributed by atoms with Gasteiger partial charge >= 0.3 is 0 Å². The van der Waals surface area contributed by atoms with Gasteiger partial charge in [-0.1, -0.05) is 12.1 Å². The Bertz CT molecular complexity index is 791. The SMILES string of the molecule is N#Cc1ccccc1N/C=C/C(=O)c1ccc2c(c1)OCO2. The van der Waals surface area contributed by atoms with Gasteiger partial charge in [-0.3, -0.25) is 4.79 Å². The Morgan fingerprint density at radius 1 is 1.18 bits per heavy atom. The second-order valence-corrected chi connectivity index (χ2v) is 4.57. The number of nitrogens with zero attached hydrogens (tertiary/aromatic N) is 1. The van der Waals surface area contributed by atoms with Crippen LogP contribution in [-0.2, 0) is 0 Å². The molecule has 0 bridgehead atoms. The molecule has 0 amide bonds. The van der Waals surface area contributed by atoms with E-state index in [0.717, 1.165) is 0 Å². The number of nitrogens with one attached hydrogen (secondary N) is 1. The van der Waals surface area contributed by atoms with E-state index in [9.17, 15) is 4.79 Å². The summed E-state index contributed by atoms with van der Waals surface area (Å²) in [5.41, 5.74) is 1.68. The number of hydrogen-bond acceptors (Lipinski definition) is 5. The van der Waals surface area contributed by atoms with Crippen LogP contribution in [0.15, 0.2) is 54.7 Å². The molecule has 1 heterocycles. The van der Waals surface area contributed by atoms with E-state index >= 15 is 0 Å². The Labute approximate surface area is 127 Å². The summed E-state index contributed by atoms with van der Waals surface area (Å²) in [5.74, 6) is 1.05. The lowest BCUT2D eigenvalue weighted by atomic mass is 10.1. The van der Waals surface area contributed by atoms with E-state index in [-0.39, 0.29) is 12.6 Å². The number of anilines is 1. The molecule has 22 heavy (non-hydrogen) atoms. The second kappa shape index (κ2) is 6.02. The Morgan fingerprint density at radius 2 is 2.00 bits per heavy atom. The van der Waals surface area contributed by atoms with E-state index < -0.39 is 0 Å².